The summed E-state index contributed by atoms with van der Waals surface area (Å²) < 4.78 is 47.4. The summed E-state index contributed by atoms with van der Waals surface area (Å²) in [4.78, 5) is 24.2. The van der Waals surface area contributed by atoms with E-state index in [2.05, 4.69) is 170 Å². The molecule has 4 aromatic carbocycles. The number of nitrogens with zero attached hydrogens (tertiary/aromatic N) is 1. The Morgan fingerprint density at radius 2 is 1.26 bits per heavy atom. The number of terminal acetylenes is 1. The molecule has 0 radical (unpaired) electrons. The Hall–Kier alpha value is -4.30. The molecular formula is C52H62F3IN2O3. The van der Waals surface area contributed by atoms with Gasteiger partial charge in [-0.05, 0) is 99.8 Å². The summed E-state index contributed by atoms with van der Waals surface area (Å²) in [7, 11) is 0. The highest BCUT2D eigenvalue weighted by atomic mass is 127. The molecule has 5 nitrogen and oxygen atoms in total. The smallest absolute Gasteiger partial charge is 0.471 e. The third kappa shape index (κ3) is 10.7. The molecule has 5 aromatic rings. The quantitative estimate of drug-likeness (QED) is 0.0685. The van der Waals surface area contributed by atoms with Crippen LogP contribution in [0.3, 0.4) is 0 Å². The van der Waals surface area contributed by atoms with Crippen molar-refractivity contribution in [1.29, 1.82) is 0 Å². The van der Waals surface area contributed by atoms with Crippen LogP contribution in [-0.4, -0.2) is 33.1 Å². The predicted molar refractivity (Wildman–Crippen MR) is 252 cm³/mol. The number of carbonyl (C=O) groups excluding carboxylic acids is 2. The van der Waals surface area contributed by atoms with E-state index in [-0.39, 0.29) is 61.6 Å². The molecule has 0 fully saturated rings. The highest BCUT2D eigenvalue weighted by Crippen LogP contribution is 2.57. The standard InChI is InChI=1S/C52H62F3IN2O3/c1-13-30-61-37-28-26-35(27-29-37)45(49(6,7)8)50(9,10)33(2)43(58-41-20-16-14-18-38(41)39-19-15-17-21-42(39)58)31-44(56)51(11,12)40(32-48(3,4)5)34-22-24-36(25-23-34)46(59)57-47(60)52(53,54)55/h1,14-29,33,40,43-45H,30-32H2,2-12H3,(H,57,59,60). The van der Waals surface area contributed by atoms with E-state index in [1.807, 2.05) is 24.3 Å². The Morgan fingerprint density at radius 3 is 1.74 bits per heavy atom. The fourth-order valence-corrected chi connectivity index (χ4v) is 10.8. The summed E-state index contributed by atoms with van der Waals surface area (Å²) in [6, 6.07) is 32.6. The van der Waals surface area contributed by atoms with Gasteiger partial charge in [-0.15, -0.1) is 6.42 Å². The molecule has 0 aliphatic carbocycles. The topological polar surface area (TPSA) is 60.3 Å². The van der Waals surface area contributed by atoms with Gasteiger partial charge in [0.1, 0.15) is 12.4 Å². The zero-order valence-corrected chi connectivity index (χ0v) is 39.7. The number of hydrogen-bond acceptors (Lipinski definition) is 3. The zero-order valence-electron chi connectivity index (χ0n) is 37.5. The molecule has 0 spiro atoms. The van der Waals surface area contributed by atoms with Gasteiger partial charge < -0.3 is 9.30 Å². The third-order valence-corrected chi connectivity index (χ3v) is 15.0. The van der Waals surface area contributed by atoms with E-state index in [0.29, 0.717) is 0 Å². The third-order valence-electron chi connectivity index (χ3n) is 12.9. The van der Waals surface area contributed by atoms with Gasteiger partial charge in [0, 0.05) is 37.3 Å². The van der Waals surface area contributed by atoms with Crippen LogP contribution in [0.4, 0.5) is 13.2 Å². The molecular weight excluding hydrogens is 884 g/mol. The van der Waals surface area contributed by atoms with Gasteiger partial charge in [-0.1, -0.05) is 165 Å². The molecule has 5 rings (SSSR count). The Kier molecular flexibility index (Phi) is 14.2. The minimum Gasteiger partial charge on any atom is -0.481 e. The van der Waals surface area contributed by atoms with E-state index in [4.69, 9.17) is 11.2 Å². The van der Waals surface area contributed by atoms with Crippen LogP contribution in [0.15, 0.2) is 97.1 Å². The highest BCUT2D eigenvalue weighted by Gasteiger charge is 2.48. The number of benzene rings is 4. The first kappa shape index (κ1) is 47.7. The van der Waals surface area contributed by atoms with Crippen LogP contribution in [0.2, 0.25) is 0 Å². The summed E-state index contributed by atoms with van der Waals surface area (Å²) in [5.74, 6) is 0.261. The molecule has 0 saturated heterocycles. The van der Waals surface area contributed by atoms with E-state index in [9.17, 15) is 22.8 Å². The van der Waals surface area contributed by atoms with Crippen molar-refractivity contribution in [2.75, 3.05) is 6.61 Å². The van der Waals surface area contributed by atoms with Crippen LogP contribution >= 0.6 is 22.6 Å². The maximum Gasteiger partial charge on any atom is 0.471 e. The predicted octanol–water partition coefficient (Wildman–Crippen LogP) is 14.1. The number of amides is 2. The molecule has 2 amide bonds. The molecule has 5 unspecified atom stereocenters. The second-order valence-electron chi connectivity index (χ2n) is 20.2. The second kappa shape index (κ2) is 18.2. The number of ether oxygens (including phenoxy) is 1. The number of alkyl halides is 4. The maximum atomic E-state index is 12.9. The van der Waals surface area contributed by atoms with Crippen LogP contribution in [0.1, 0.15) is 128 Å². The number of nitrogens with one attached hydrogen (secondary N) is 1. The number of para-hydroxylation sites is 2. The fourth-order valence-electron chi connectivity index (χ4n) is 9.80. The van der Waals surface area contributed by atoms with Gasteiger partial charge in [-0.2, -0.15) is 13.2 Å². The Morgan fingerprint density at radius 1 is 0.754 bits per heavy atom. The van der Waals surface area contributed by atoms with Crippen LogP contribution in [0.5, 0.6) is 5.75 Å². The molecule has 5 atom stereocenters. The molecule has 1 heterocycles. The first-order chi connectivity index (χ1) is 28.3. The van der Waals surface area contributed by atoms with E-state index in [1.165, 1.54) is 44.8 Å². The van der Waals surface area contributed by atoms with Crippen molar-refractivity contribution in [3.63, 3.8) is 0 Å². The SMILES string of the molecule is C#CCOc1ccc(C(C(C)(C)C)C(C)(C)C(C)C(CC(I)C(C)(C)C(CC(C)(C)C)c2ccc(C(=O)NC(=O)C(F)(F)F)cc2)n2c3ccccc3c3ccccc32)cc1. The Bertz CT molecular complexity index is 2300. The van der Waals surface area contributed by atoms with Crippen LogP contribution in [-0.2, 0) is 4.79 Å². The molecule has 0 bridgehead atoms. The number of rotatable bonds is 14. The fraction of sp³-hybridized carbons (Fsp3) is 0.462. The molecule has 9 heteroatoms. The number of halogens is 4. The minimum absolute atomic E-state index is 0.00897. The van der Waals surface area contributed by atoms with E-state index in [1.54, 1.807) is 0 Å². The van der Waals surface area contributed by atoms with Gasteiger partial charge in [0.05, 0.1) is 0 Å². The van der Waals surface area contributed by atoms with Gasteiger partial charge in [0.25, 0.3) is 5.91 Å². The maximum absolute atomic E-state index is 12.9. The average Bonchev–Trinajstić information content (AvgIpc) is 3.51. The normalized spacial score (nSPS) is 15.4. The van der Waals surface area contributed by atoms with Crippen molar-refractivity contribution >= 4 is 56.2 Å². The lowest BCUT2D eigenvalue weighted by Crippen LogP contribution is -2.42. The summed E-state index contributed by atoms with van der Waals surface area (Å²) in [6.07, 6.45) is 1.99. The van der Waals surface area contributed by atoms with Crippen molar-refractivity contribution in [1.82, 2.24) is 9.88 Å². The Balaban J connectivity index is 1.62. The first-order valence-electron chi connectivity index (χ1n) is 21.1. The van der Waals surface area contributed by atoms with E-state index < -0.39 is 18.0 Å². The number of aromatic nitrogens is 1. The van der Waals surface area contributed by atoms with Crippen molar-refractivity contribution in [3.05, 3.63) is 114 Å². The molecule has 0 saturated carbocycles. The summed E-state index contributed by atoms with van der Waals surface area (Å²) in [5, 5.41) is 3.92. The lowest BCUT2D eigenvalue weighted by molar-refractivity contribution is -0.172. The summed E-state index contributed by atoms with van der Waals surface area (Å²) in [5.41, 5.74) is 3.91. The van der Waals surface area contributed by atoms with Gasteiger partial charge in [-0.3, -0.25) is 14.9 Å². The van der Waals surface area contributed by atoms with Crippen molar-refractivity contribution in [2.45, 2.75) is 117 Å². The Labute approximate surface area is 374 Å². The largest absolute Gasteiger partial charge is 0.481 e. The van der Waals surface area contributed by atoms with Crippen molar-refractivity contribution in [3.8, 4) is 18.1 Å². The molecule has 326 valence electrons. The van der Waals surface area contributed by atoms with Gasteiger partial charge in [0.15, 0.2) is 0 Å². The van der Waals surface area contributed by atoms with Crippen molar-refractivity contribution < 1.29 is 27.5 Å². The molecule has 1 aromatic heterocycles. The van der Waals surface area contributed by atoms with E-state index in [0.717, 1.165) is 24.2 Å². The van der Waals surface area contributed by atoms with Crippen LogP contribution in [0, 0.1) is 39.9 Å². The number of fused-ring (bicyclic) bond motifs is 3. The number of carbonyl (C=O) groups is 2. The molecule has 0 aliphatic rings. The lowest BCUT2D eigenvalue weighted by atomic mass is 9.56. The number of imide groups is 1. The zero-order chi connectivity index (χ0) is 45.3. The van der Waals surface area contributed by atoms with E-state index >= 15 is 0 Å². The average molecular weight is 947 g/mol. The highest BCUT2D eigenvalue weighted by molar-refractivity contribution is 14.1. The summed E-state index contributed by atoms with van der Waals surface area (Å²) in [6.45, 7) is 25.8. The first-order valence-corrected chi connectivity index (χ1v) is 22.3. The van der Waals surface area contributed by atoms with Crippen LogP contribution < -0.4 is 10.1 Å². The van der Waals surface area contributed by atoms with Crippen LogP contribution in [0.25, 0.3) is 21.8 Å². The number of hydrogen-bond donors (Lipinski definition) is 1. The molecule has 0 aliphatic heterocycles. The second-order valence-corrected chi connectivity index (χ2v) is 21.7. The van der Waals surface area contributed by atoms with Gasteiger partial charge >= 0.3 is 12.1 Å². The lowest BCUT2D eigenvalue weighted by Gasteiger charge is -2.50. The monoisotopic (exact) mass is 946 g/mol. The minimum atomic E-state index is -5.16. The molecule has 61 heavy (non-hydrogen) atoms. The van der Waals surface area contributed by atoms with Crippen molar-refractivity contribution in [2.24, 2.45) is 27.6 Å². The van der Waals surface area contributed by atoms with Gasteiger partial charge in [0.2, 0.25) is 0 Å². The summed E-state index contributed by atoms with van der Waals surface area (Å²) >= 11 is 2.67. The van der Waals surface area contributed by atoms with Gasteiger partial charge in [-0.25, -0.2) is 0 Å². The molecule has 1 N–H and O–H groups in total.